The summed E-state index contributed by atoms with van der Waals surface area (Å²) < 4.78 is 74.0. The topological polar surface area (TPSA) is 170 Å². The molecule has 0 fully saturated rings. The van der Waals surface area contributed by atoms with Crippen LogP contribution in [-0.4, -0.2) is 47.5 Å². The van der Waals surface area contributed by atoms with Crippen molar-refractivity contribution in [3.8, 4) is 11.3 Å². The van der Waals surface area contributed by atoms with Crippen LogP contribution in [0, 0.1) is 19.7 Å². The molecule has 0 saturated heterocycles. The monoisotopic (exact) mass is 666 g/mol. The minimum atomic E-state index is -5.08. The number of nitrogen functional groups attached to an aromatic ring is 1. The van der Waals surface area contributed by atoms with E-state index in [0.29, 0.717) is 45.9 Å². The van der Waals surface area contributed by atoms with E-state index < -0.39 is 36.1 Å². The van der Waals surface area contributed by atoms with E-state index in [9.17, 15) is 35.9 Å². The number of hydrogen-bond acceptors (Lipinski definition) is 8. The molecule has 47 heavy (non-hydrogen) atoms. The highest BCUT2D eigenvalue weighted by Gasteiger charge is 2.38. The van der Waals surface area contributed by atoms with Crippen LogP contribution in [0.25, 0.3) is 11.3 Å². The molecule has 0 unspecified atom stereocenters. The van der Waals surface area contributed by atoms with Crippen LogP contribution >= 0.6 is 0 Å². The van der Waals surface area contributed by atoms with Gasteiger partial charge in [-0.25, -0.2) is 23.8 Å². The summed E-state index contributed by atoms with van der Waals surface area (Å²) in [5, 5.41) is 16.6. The highest BCUT2D eigenvalue weighted by atomic mass is 19.4. The van der Waals surface area contributed by atoms with Crippen molar-refractivity contribution in [2.75, 3.05) is 11.1 Å². The SMILES string of the molecule is Cc1cc(F)cc(CNc2nc(-c3cnn(C(F)F)c3)c3n(c2=O)[C@H](C(=O)NCc2ccc(N)nc2C)CC3)c1.O=C(O)C(F)(F)F. The van der Waals surface area contributed by atoms with Gasteiger partial charge in [-0.3, -0.25) is 14.2 Å². The van der Waals surface area contributed by atoms with Crippen molar-refractivity contribution in [3.63, 3.8) is 0 Å². The molecule has 1 aliphatic rings. The van der Waals surface area contributed by atoms with Crippen LogP contribution in [0.5, 0.6) is 0 Å². The predicted molar refractivity (Wildman–Crippen MR) is 156 cm³/mol. The number of carboxylic acid groups (broad SMARTS) is 1. The number of aromatic nitrogens is 5. The number of nitrogens with zero attached hydrogens (tertiary/aromatic N) is 5. The summed E-state index contributed by atoms with van der Waals surface area (Å²) in [6.07, 6.45) is -2.07. The first-order chi connectivity index (χ1) is 22.0. The van der Waals surface area contributed by atoms with Crippen molar-refractivity contribution < 1.29 is 41.0 Å². The summed E-state index contributed by atoms with van der Waals surface area (Å²) in [5.74, 6) is -3.29. The largest absolute Gasteiger partial charge is 0.490 e. The van der Waals surface area contributed by atoms with Crippen molar-refractivity contribution >= 4 is 23.5 Å². The molecule has 12 nitrogen and oxygen atoms in total. The number of aliphatic carboxylic acids is 1. The highest BCUT2D eigenvalue weighted by molar-refractivity contribution is 5.81. The van der Waals surface area contributed by atoms with E-state index in [2.05, 4.69) is 25.7 Å². The average Bonchev–Trinajstić information content (AvgIpc) is 3.65. The smallest absolute Gasteiger partial charge is 0.475 e. The lowest BCUT2D eigenvalue weighted by atomic mass is 10.1. The number of fused-ring (bicyclic) bond motifs is 1. The Balaban J connectivity index is 0.000000644. The zero-order valence-corrected chi connectivity index (χ0v) is 24.8. The number of carbonyl (C=O) groups excluding carboxylic acids is 1. The maximum absolute atomic E-state index is 13.9. The van der Waals surface area contributed by atoms with Crippen LogP contribution in [-0.2, 0) is 29.1 Å². The van der Waals surface area contributed by atoms with Gasteiger partial charge in [0.1, 0.15) is 17.7 Å². The molecule has 4 heterocycles. The van der Waals surface area contributed by atoms with Gasteiger partial charge < -0.3 is 21.5 Å². The molecule has 3 aromatic heterocycles. The predicted octanol–water partition coefficient (Wildman–Crippen LogP) is 4.28. The summed E-state index contributed by atoms with van der Waals surface area (Å²) in [6.45, 7) is 0.937. The summed E-state index contributed by atoms with van der Waals surface area (Å²) >= 11 is 0. The van der Waals surface area contributed by atoms with Gasteiger partial charge in [0, 0.05) is 36.2 Å². The Labute approximate surface area is 262 Å². The molecule has 4 aromatic rings. The van der Waals surface area contributed by atoms with Gasteiger partial charge >= 0.3 is 18.7 Å². The molecule has 18 heteroatoms. The third-order valence-corrected chi connectivity index (χ3v) is 7.03. The van der Waals surface area contributed by atoms with Gasteiger partial charge in [0.15, 0.2) is 5.82 Å². The van der Waals surface area contributed by atoms with Gasteiger partial charge in [-0.2, -0.15) is 27.1 Å². The summed E-state index contributed by atoms with van der Waals surface area (Å²) in [5.41, 5.74) is 8.88. The minimum absolute atomic E-state index is 0.0796. The lowest BCUT2D eigenvalue weighted by molar-refractivity contribution is -0.192. The van der Waals surface area contributed by atoms with Crippen molar-refractivity contribution in [1.29, 1.82) is 0 Å². The summed E-state index contributed by atoms with van der Waals surface area (Å²) in [4.78, 5) is 44.5. The van der Waals surface area contributed by atoms with Gasteiger partial charge in [0.05, 0.1) is 11.9 Å². The van der Waals surface area contributed by atoms with E-state index in [1.165, 1.54) is 22.9 Å². The van der Waals surface area contributed by atoms with Crippen molar-refractivity contribution in [2.45, 2.75) is 58.5 Å². The molecule has 5 rings (SSSR count). The molecule has 1 aliphatic heterocycles. The van der Waals surface area contributed by atoms with Crippen LogP contribution in [0.4, 0.5) is 38.0 Å². The van der Waals surface area contributed by atoms with Crippen LogP contribution in [0.1, 0.15) is 47.1 Å². The molecular weight excluding hydrogens is 638 g/mol. The first kappa shape index (κ1) is 34.5. The first-order valence-electron chi connectivity index (χ1n) is 13.8. The Kier molecular flexibility index (Phi) is 10.2. The molecular formula is C29H28F6N8O4. The third-order valence-electron chi connectivity index (χ3n) is 7.03. The van der Waals surface area contributed by atoms with Gasteiger partial charge in [-0.1, -0.05) is 12.1 Å². The number of aryl methyl sites for hydroxylation is 2. The highest BCUT2D eigenvalue weighted by Crippen LogP contribution is 2.32. The van der Waals surface area contributed by atoms with Crippen molar-refractivity contribution in [1.82, 2.24) is 29.6 Å². The normalized spacial score (nSPS) is 13.9. The Bertz CT molecular complexity index is 1840. The van der Waals surface area contributed by atoms with Gasteiger partial charge in [-0.05, 0) is 61.6 Å². The number of anilines is 2. The Morgan fingerprint density at radius 3 is 2.43 bits per heavy atom. The standard InChI is InChI=1S/C27H27F3N8O2.C2HF3O2/c1-14-7-16(9-19(28)8-14)10-32-24-26(40)38-20(23(36-24)18-12-34-37(13-18)27(29)30)4-5-21(38)25(39)33-11-17-3-6-22(31)35-15(17)2;3-2(4,5)1(6)7/h3,6-9,12-13,21,27H,4-5,10-11H2,1-2H3,(H2,31,35)(H,32,36)(H,33,39);(H,6,7)/t21-;/m0./s1. The van der Waals surface area contributed by atoms with Gasteiger partial charge in [-0.15, -0.1) is 0 Å². The van der Waals surface area contributed by atoms with Crippen LogP contribution in [0.2, 0.25) is 0 Å². The molecule has 1 atom stereocenters. The Morgan fingerprint density at radius 2 is 1.83 bits per heavy atom. The number of hydrogen-bond donors (Lipinski definition) is 4. The number of rotatable bonds is 8. The number of nitrogens with one attached hydrogen (secondary N) is 2. The molecule has 5 N–H and O–H groups in total. The van der Waals surface area contributed by atoms with E-state index in [-0.39, 0.29) is 36.1 Å². The quantitative estimate of drug-likeness (QED) is 0.201. The average molecular weight is 667 g/mol. The van der Waals surface area contributed by atoms with Crippen LogP contribution < -0.4 is 21.9 Å². The lowest BCUT2D eigenvalue weighted by Crippen LogP contribution is -2.36. The van der Waals surface area contributed by atoms with Crippen molar-refractivity contribution in [2.24, 2.45) is 0 Å². The fraction of sp³-hybridized carbons (Fsp3) is 0.310. The number of halogens is 6. The van der Waals surface area contributed by atoms with Crippen LogP contribution in [0.15, 0.2) is 47.5 Å². The first-order valence-corrected chi connectivity index (χ1v) is 13.8. The number of carboxylic acids is 1. The third kappa shape index (κ3) is 8.25. The second kappa shape index (κ2) is 13.9. The zero-order valence-electron chi connectivity index (χ0n) is 24.8. The minimum Gasteiger partial charge on any atom is -0.475 e. The van der Waals surface area contributed by atoms with Crippen molar-refractivity contribution in [3.05, 3.63) is 87.0 Å². The Hall–Kier alpha value is -5.42. The zero-order chi connectivity index (χ0) is 34.6. The van der Waals surface area contributed by atoms with Crippen LogP contribution in [0.3, 0.4) is 0 Å². The van der Waals surface area contributed by atoms with Gasteiger partial charge in [0.2, 0.25) is 5.91 Å². The lowest BCUT2D eigenvalue weighted by Gasteiger charge is -2.18. The van der Waals surface area contributed by atoms with E-state index in [1.54, 1.807) is 32.0 Å². The second-order valence-corrected chi connectivity index (χ2v) is 10.5. The van der Waals surface area contributed by atoms with E-state index in [1.807, 2.05) is 0 Å². The maximum atomic E-state index is 13.9. The molecule has 0 saturated carbocycles. The molecule has 0 bridgehead atoms. The molecule has 1 amide bonds. The number of benzene rings is 1. The number of carbonyl (C=O) groups is 2. The molecule has 250 valence electrons. The van der Waals surface area contributed by atoms with E-state index >= 15 is 0 Å². The molecule has 0 spiro atoms. The number of alkyl halides is 5. The number of pyridine rings is 1. The molecule has 1 aromatic carbocycles. The Morgan fingerprint density at radius 1 is 1.13 bits per heavy atom. The molecule has 0 radical (unpaired) electrons. The number of nitrogens with two attached hydrogens (primary N) is 1. The fourth-order valence-corrected chi connectivity index (χ4v) is 4.90. The summed E-state index contributed by atoms with van der Waals surface area (Å²) in [7, 11) is 0. The second-order valence-electron chi connectivity index (χ2n) is 10.5. The summed E-state index contributed by atoms with van der Waals surface area (Å²) in [6, 6.07) is 7.04. The number of amides is 1. The molecule has 0 aliphatic carbocycles. The fourth-order valence-electron chi connectivity index (χ4n) is 4.90. The van der Waals surface area contributed by atoms with Gasteiger partial charge in [0.25, 0.3) is 5.56 Å². The van der Waals surface area contributed by atoms with E-state index in [4.69, 9.17) is 15.6 Å². The maximum Gasteiger partial charge on any atom is 0.490 e. The van der Waals surface area contributed by atoms with E-state index in [0.717, 1.165) is 11.8 Å².